The minimum absolute atomic E-state index is 0.150. The molecule has 0 saturated heterocycles. The van der Waals surface area contributed by atoms with E-state index in [0.717, 1.165) is 11.6 Å². The van der Waals surface area contributed by atoms with Crippen molar-refractivity contribution in [2.45, 2.75) is 26.4 Å². The first-order chi connectivity index (χ1) is 9.97. The molecule has 5 heteroatoms. The van der Waals surface area contributed by atoms with Crippen LogP contribution in [0.3, 0.4) is 0 Å². The van der Waals surface area contributed by atoms with Crippen LogP contribution in [0.1, 0.15) is 19.4 Å². The summed E-state index contributed by atoms with van der Waals surface area (Å²) in [6.07, 6.45) is 0. The Bertz CT molecular complexity index is 632. The monoisotopic (exact) mass is 311 g/mol. The summed E-state index contributed by atoms with van der Waals surface area (Å²) in [7, 11) is 0. The van der Waals surface area contributed by atoms with E-state index in [1.807, 2.05) is 13.8 Å². The molecule has 0 unspecified atom stereocenters. The number of halogens is 3. The fraction of sp³-hybridized carbons (Fsp3) is 0.250. The van der Waals surface area contributed by atoms with Gasteiger partial charge in [0.2, 0.25) is 5.82 Å². The van der Waals surface area contributed by atoms with Crippen LogP contribution in [-0.2, 0) is 6.54 Å². The highest BCUT2D eigenvalue weighted by Crippen LogP contribution is 2.30. The van der Waals surface area contributed by atoms with Crippen molar-refractivity contribution in [3.8, 4) is 11.5 Å². The Morgan fingerprint density at radius 2 is 1.90 bits per heavy atom. The van der Waals surface area contributed by atoms with E-state index in [4.69, 9.17) is 16.3 Å². The quantitative estimate of drug-likeness (QED) is 0.847. The lowest BCUT2D eigenvalue weighted by Crippen LogP contribution is -2.22. The molecule has 1 N–H and O–H groups in total. The Kier molecular flexibility index (Phi) is 5.15. The lowest BCUT2D eigenvalue weighted by molar-refractivity contribution is 0.411. The minimum atomic E-state index is -1.00. The predicted octanol–water partition coefficient (Wildman–Crippen LogP) is 4.91. The van der Waals surface area contributed by atoms with Crippen molar-refractivity contribution in [3.05, 3.63) is 58.6 Å². The topological polar surface area (TPSA) is 21.3 Å². The largest absolute Gasteiger partial charge is 0.454 e. The van der Waals surface area contributed by atoms with Crippen LogP contribution >= 0.6 is 11.6 Å². The zero-order valence-electron chi connectivity index (χ0n) is 11.8. The van der Waals surface area contributed by atoms with Crippen LogP contribution in [0.2, 0.25) is 5.02 Å². The Morgan fingerprint density at radius 1 is 1.14 bits per heavy atom. The molecule has 0 atom stereocenters. The fourth-order valence-electron chi connectivity index (χ4n) is 1.78. The highest BCUT2D eigenvalue weighted by Gasteiger charge is 2.12. The predicted molar refractivity (Wildman–Crippen MR) is 79.9 cm³/mol. The van der Waals surface area contributed by atoms with E-state index >= 15 is 0 Å². The van der Waals surface area contributed by atoms with E-state index in [9.17, 15) is 8.78 Å². The first-order valence-corrected chi connectivity index (χ1v) is 6.99. The van der Waals surface area contributed by atoms with E-state index in [1.54, 1.807) is 18.2 Å². The van der Waals surface area contributed by atoms with Gasteiger partial charge in [-0.15, -0.1) is 0 Å². The zero-order chi connectivity index (χ0) is 15.4. The fourth-order valence-corrected chi connectivity index (χ4v) is 1.98. The van der Waals surface area contributed by atoms with Crippen LogP contribution in [0.4, 0.5) is 8.78 Å². The maximum absolute atomic E-state index is 13.7. The molecular formula is C16H16ClF2NO. The highest BCUT2D eigenvalue weighted by molar-refractivity contribution is 6.30. The summed E-state index contributed by atoms with van der Waals surface area (Å²) in [6, 6.07) is 9.14. The molecule has 2 rings (SSSR count). The number of rotatable bonds is 5. The summed E-state index contributed by atoms with van der Waals surface area (Å²) in [5.74, 6) is -1.65. The number of ether oxygens (including phenoxy) is 1. The molecule has 2 aromatic carbocycles. The zero-order valence-corrected chi connectivity index (χ0v) is 12.5. The van der Waals surface area contributed by atoms with Crippen molar-refractivity contribution in [3.63, 3.8) is 0 Å². The summed E-state index contributed by atoms with van der Waals surface area (Å²) in [5.41, 5.74) is 0.778. The van der Waals surface area contributed by atoms with Gasteiger partial charge in [0.25, 0.3) is 0 Å². The second-order valence-corrected chi connectivity index (χ2v) is 5.38. The molecule has 0 bridgehead atoms. The van der Waals surface area contributed by atoms with Crippen molar-refractivity contribution in [2.75, 3.05) is 0 Å². The first kappa shape index (κ1) is 15.7. The molecular weight excluding hydrogens is 296 g/mol. The van der Waals surface area contributed by atoms with Crippen molar-refractivity contribution < 1.29 is 13.5 Å². The summed E-state index contributed by atoms with van der Waals surface area (Å²) in [4.78, 5) is 0. The van der Waals surface area contributed by atoms with Crippen LogP contribution in [0, 0.1) is 11.6 Å². The van der Waals surface area contributed by atoms with Gasteiger partial charge in [0.15, 0.2) is 11.6 Å². The molecule has 2 nitrogen and oxygen atoms in total. The standard InChI is InChI=1S/C16H16ClF2NO/c1-10(2)20-9-11-8-12(17)6-7-14(11)21-15-5-3-4-13(18)16(15)19/h3-8,10,20H,9H2,1-2H3. The first-order valence-electron chi connectivity index (χ1n) is 6.61. The van der Waals surface area contributed by atoms with E-state index in [-0.39, 0.29) is 11.8 Å². The van der Waals surface area contributed by atoms with Crippen LogP contribution in [0.5, 0.6) is 11.5 Å². The molecule has 0 radical (unpaired) electrons. The third-order valence-corrected chi connectivity index (χ3v) is 3.09. The number of benzene rings is 2. The number of nitrogens with one attached hydrogen (secondary N) is 1. The molecule has 0 spiro atoms. The van der Waals surface area contributed by atoms with Gasteiger partial charge in [0, 0.05) is 23.2 Å². The molecule has 0 saturated carbocycles. The summed E-state index contributed by atoms with van der Waals surface area (Å²) in [5, 5.41) is 3.79. The average Bonchev–Trinajstić information content (AvgIpc) is 2.43. The van der Waals surface area contributed by atoms with Gasteiger partial charge in [0.05, 0.1) is 0 Å². The lowest BCUT2D eigenvalue weighted by Gasteiger charge is -2.14. The van der Waals surface area contributed by atoms with E-state index in [1.165, 1.54) is 12.1 Å². The van der Waals surface area contributed by atoms with Gasteiger partial charge < -0.3 is 10.1 Å². The molecule has 0 heterocycles. The van der Waals surface area contributed by atoms with Gasteiger partial charge in [-0.1, -0.05) is 31.5 Å². The molecule has 0 aromatic heterocycles. The second kappa shape index (κ2) is 6.87. The van der Waals surface area contributed by atoms with Crippen molar-refractivity contribution in [1.82, 2.24) is 5.32 Å². The van der Waals surface area contributed by atoms with E-state index in [0.29, 0.717) is 17.3 Å². The summed E-state index contributed by atoms with van der Waals surface area (Å²) in [6.45, 7) is 4.54. The van der Waals surface area contributed by atoms with Gasteiger partial charge >= 0.3 is 0 Å². The van der Waals surface area contributed by atoms with Crippen molar-refractivity contribution in [1.29, 1.82) is 0 Å². The third-order valence-electron chi connectivity index (χ3n) is 2.86. The smallest absolute Gasteiger partial charge is 0.201 e. The molecule has 21 heavy (non-hydrogen) atoms. The van der Waals surface area contributed by atoms with Gasteiger partial charge in [-0.25, -0.2) is 4.39 Å². The number of hydrogen-bond donors (Lipinski definition) is 1. The second-order valence-electron chi connectivity index (χ2n) is 4.94. The Labute approximate surface area is 127 Å². The molecule has 0 fully saturated rings. The Balaban J connectivity index is 2.28. The van der Waals surface area contributed by atoms with Gasteiger partial charge in [-0.05, 0) is 30.3 Å². The van der Waals surface area contributed by atoms with Crippen molar-refractivity contribution in [2.24, 2.45) is 0 Å². The summed E-state index contributed by atoms with van der Waals surface area (Å²) < 4.78 is 32.4. The van der Waals surface area contributed by atoms with E-state index in [2.05, 4.69) is 5.32 Å². The average molecular weight is 312 g/mol. The molecule has 0 aliphatic heterocycles. The van der Waals surface area contributed by atoms with Gasteiger partial charge in [0.1, 0.15) is 5.75 Å². The SMILES string of the molecule is CC(C)NCc1cc(Cl)ccc1Oc1cccc(F)c1F. The highest BCUT2D eigenvalue weighted by atomic mass is 35.5. The molecule has 0 aliphatic carbocycles. The maximum Gasteiger partial charge on any atom is 0.201 e. The molecule has 112 valence electrons. The minimum Gasteiger partial charge on any atom is -0.454 e. The maximum atomic E-state index is 13.7. The van der Waals surface area contributed by atoms with Crippen LogP contribution < -0.4 is 10.1 Å². The van der Waals surface area contributed by atoms with Crippen molar-refractivity contribution >= 4 is 11.6 Å². The number of hydrogen-bond acceptors (Lipinski definition) is 2. The van der Waals surface area contributed by atoms with E-state index < -0.39 is 11.6 Å². The lowest BCUT2D eigenvalue weighted by atomic mass is 10.2. The molecule has 0 aliphatic rings. The third kappa shape index (κ3) is 4.16. The van der Waals surface area contributed by atoms with Crippen LogP contribution in [0.25, 0.3) is 0 Å². The molecule has 0 amide bonds. The Morgan fingerprint density at radius 3 is 2.62 bits per heavy atom. The molecule has 2 aromatic rings. The van der Waals surface area contributed by atoms with Gasteiger partial charge in [-0.3, -0.25) is 0 Å². The van der Waals surface area contributed by atoms with Gasteiger partial charge in [-0.2, -0.15) is 4.39 Å². The Hall–Kier alpha value is -1.65. The normalized spacial score (nSPS) is 11.0. The van der Waals surface area contributed by atoms with Crippen LogP contribution in [0.15, 0.2) is 36.4 Å². The van der Waals surface area contributed by atoms with Crippen LogP contribution in [-0.4, -0.2) is 6.04 Å². The summed E-state index contributed by atoms with van der Waals surface area (Å²) >= 11 is 5.97.